The molecule has 2 atom stereocenters. The van der Waals surface area contributed by atoms with Crippen LogP contribution >= 0.6 is 0 Å². The van der Waals surface area contributed by atoms with E-state index < -0.39 is 11.7 Å². The van der Waals surface area contributed by atoms with Gasteiger partial charge in [0, 0.05) is 12.1 Å². The third-order valence-corrected chi connectivity index (χ3v) is 4.35. The number of anilines is 1. The molecule has 2 aromatic rings. The maximum absolute atomic E-state index is 13.8. The Balaban J connectivity index is 1.66. The SMILES string of the molecule is COc1ccc(C(C)NC(=O)CC2C(=O)Nc3ccccc32)cc1F. The van der Waals surface area contributed by atoms with Crippen LogP contribution in [0, 0.1) is 5.82 Å². The lowest BCUT2D eigenvalue weighted by Crippen LogP contribution is -2.29. The highest BCUT2D eigenvalue weighted by Gasteiger charge is 2.32. The van der Waals surface area contributed by atoms with Gasteiger partial charge < -0.3 is 15.4 Å². The molecule has 5 nitrogen and oxygen atoms in total. The van der Waals surface area contributed by atoms with Crippen LogP contribution in [0.2, 0.25) is 0 Å². The first-order chi connectivity index (χ1) is 12.0. The number of halogens is 1. The van der Waals surface area contributed by atoms with Gasteiger partial charge in [-0.05, 0) is 36.2 Å². The zero-order valence-electron chi connectivity index (χ0n) is 14.0. The Morgan fingerprint density at radius 1 is 1.32 bits per heavy atom. The molecule has 0 aliphatic carbocycles. The molecule has 2 N–H and O–H groups in total. The standard InChI is InChI=1S/C19H19FN2O3/c1-11(12-7-8-17(25-2)15(20)9-12)21-18(23)10-14-13-5-3-4-6-16(13)22-19(14)24/h3-9,11,14H,10H2,1-2H3,(H,21,23)(H,22,24). The van der Waals surface area contributed by atoms with Gasteiger partial charge in [-0.1, -0.05) is 24.3 Å². The first kappa shape index (κ1) is 17.0. The van der Waals surface area contributed by atoms with Crippen molar-refractivity contribution in [3.8, 4) is 5.75 Å². The molecule has 0 spiro atoms. The van der Waals surface area contributed by atoms with Crippen molar-refractivity contribution in [1.82, 2.24) is 5.32 Å². The summed E-state index contributed by atoms with van der Waals surface area (Å²) >= 11 is 0. The fourth-order valence-corrected chi connectivity index (χ4v) is 3.00. The van der Waals surface area contributed by atoms with Gasteiger partial charge in [0.2, 0.25) is 11.8 Å². The number of hydrogen-bond donors (Lipinski definition) is 2. The maximum Gasteiger partial charge on any atom is 0.232 e. The highest BCUT2D eigenvalue weighted by Crippen LogP contribution is 2.34. The molecule has 2 aromatic carbocycles. The summed E-state index contributed by atoms with van der Waals surface area (Å²) in [7, 11) is 1.40. The van der Waals surface area contributed by atoms with Crippen molar-refractivity contribution >= 4 is 17.5 Å². The molecule has 0 fully saturated rings. The molecule has 25 heavy (non-hydrogen) atoms. The second-order valence-electron chi connectivity index (χ2n) is 6.02. The Morgan fingerprint density at radius 2 is 2.08 bits per heavy atom. The van der Waals surface area contributed by atoms with E-state index >= 15 is 0 Å². The number of carbonyl (C=O) groups excluding carboxylic acids is 2. The molecule has 1 aliphatic heterocycles. The van der Waals surface area contributed by atoms with Crippen LogP contribution in [0.25, 0.3) is 0 Å². The highest BCUT2D eigenvalue weighted by molar-refractivity contribution is 6.04. The molecule has 130 valence electrons. The Hall–Kier alpha value is -2.89. The molecule has 0 radical (unpaired) electrons. The van der Waals surface area contributed by atoms with Crippen molar-refractivity contribution in [1.29, 1.82) is 0 Å². The van der Waals surface area contributed by atoms with Crippen molar-refractivity contribution in [2.75, 3.05) is 12.4 Å². The summed E-state index contributed by atoms with van der Waals surface area (Å²) in [6, 6.07) is 11.5. The fourth-order valence-electron chi connectivity index (χ4n) is 3.00. The lowest BCUT2D eigenvalue weighted by molar-refractivity contribution is -0.125. The van der Waals surface area contributed by atoms with Crippen molar-refractivity contribution < 1.29 is 18.7 Å². The predicted molar refractivity (Wildman–Crippen MR) is 91.9 cm³/mol. The van der Waals surface area contributed by atoms with E-state index in [0.717, 1.165) is 11.3 Å². The molecule has 1 aliphatic rings. The molecule has 2 unspecified atom stereocenters. The van der Waals surface area contributed by atoms with E-state index in [1.54, 1.807) is 13.0 Å². The van der Waals surface area contributed by atoms with Crippen LogP contribution in [0.1, 0.15) is 36.4 Å². The Labute approximate surface area is 145 Å². The quantitative estimate of drug-likeness (QED) is 0.877. The number of hydrogen-bond acceptors (Lipinski definition) is 3. The molecule has 0 bridgehead atoms. The maximum atomic E-state index is 13.8. The Bertz CT molecular complexity index is 822. The van der Waals surface area contributed by atoms with Crippen molar-refractivity contribution in [2.24, 2.45) is 0 Å². The van der Waals surface area contributed by atoms with Gasteiger partial charge in [0.1, 0.15) is 0 Å². The number of rotatable bonds is 5. The van der Waals surface area contributed by atoms with Gasteiger partial charge in [-0.15, -0.1) is 0 Å². The first-order valence-corrected chi connectivity index (χ1v) is 8.02. The number of benzene rings is 2. The number of para-hydroxylation sites is 1. The van der Waals surface area contributed by atoms with Crippen molar-refractivity contribution in [3.63, 3.8) is 0 Å². The van der Waals surface area contributed by atoms with Gasteiger partial charge in [-0.25, -0.2) is 4.39 Å². The van der Waals surface area contributed by atoms with E-state index in [1.165, 1.54) is 19.2 Å². The Kier molecular flexibility index (Phi) is 4.70. The number of amides is 2. The molecular formula is C19H19FN2O3. The molecule has 0 aromatic heterocycles. The fraction of sp³-hybridized carbons (Fsp3) is 0.263. The smallest absolute Gasteiger partial charge is 0.232 e. The van der Waals surface area contributed by atoms with Gasteiger partial charge in [0.05, 0.1) is 19.1 Å². The lowest BCUT2D eigenvalue weighted by Gasteiger charge is -2.16. The number of ether oxygens (including phenoxy) is 1. The molecule has 0 saturated heterocycles. The number of methoxy groups -OCH3 is 1. The molecular weight excluding hydrogens is 323 g/mol. The van der Waals surface area contributed by atoms with Crippen molar-refractivity contribution in [2.45, 2.75) is 25.3 Å². The average molecular weight is 342 g/mol. The predicted octanol–water partition coefficient (Wildman–Crippen LogP) is 3.14. The molecule has 6 heteroatoms. The number of carbonyl (C=O) groups is 2. The van der Waals surface area contributed by atoms with E-state index in [1.807, 2.05) is 24.3 Å². The minimum atomic E-state index is -0.504. The van der Waals surface area contributed by atoms with E-state index in [0.29, 0.717) is 5.56 Å². The zero-order valence-corrected chi connectivity index (χ0v) is 14.0. The zero-order chi connectivity index (χ0) is 18.0. The summed E-state index contributed by atoms with van der Waals surface area (Å²) in [5, 5.41) is 5.59. The summed E-state index contributed by atoms with van der Waals surface area (Å²) < 4.78 is 18.7. The van der Waals surface area contributed by atoms with Crippen LogP contribution in [-0.4, -0.2) is 18.9 Å². The molecule has 0 saturated carbocycles. The average Bonchev–Trinajstić information content (AvgIpc) is 2.90. The second-order valence-corrected chi connectivity index (χ2v) is 6.02. The van der Waals surface area contributed by atoms with Gasteiger partial charge >= 0.3 is 0 Å². The van der Waals surface area contributed by atoms with E-state index in [9.17, 15) is 14.0 Å². The summed E-state index contributed by atoms with van der Waals surface area (Å²) in [4.78, 5) is 24.4. The van der Waals surface area contributed by atoms with Crippen LogP contribution in [0.4, 0.5) is 10.1 Å². The van der Waals surface area contributed by atoms with Gasteiger partial charge in [0.15, 0.2) is 11.6 Å². The van der Waals surface area contributed by atoms with Crippen molar-refractivity contribution in [3.05, 3.63) is 59.4 Å². The van der Waals surface area contributed by atoms with Crippen LogP contribution in [0.15, 0.2) is 42.5 Å². The van der Waals surface area contributed by atoms with Crippen LogP contribution in [0.5, 0.6) is 5.75 Å². The molecule has 1 heterocycles. The van der Waals surface area contributed by atoms with E-state index in [-0.39, 0.29) is 30.0 Å². The topological polar surface area (TPSA) is 67.4 Å². The summed E-state index contributed by atoms with van der Waals surface area (Å²) in [6.45, 7) is 1.77. The molecule has 2 amide bonds. The summed E-state index contributed by atoms with van der Waals surface area (Å²) in [6.07, 6.45) is 0.0474. The summed E-state index contributed by atoms with van der Waals surface area (Å²) in [5.41, 5.74) is 2.20. The lowest BCUT2D eigenvalue weighted by atomic mass is 9.96. The van der Waals surface area contributed by atoms with Crippen LogP contribution < -0.4 is 15.4 Å². The first-order valence-electron chi connectivity index (χ1n) is 8.02. The Morgan fingerprint density at radius 3 is 2.80 bits per heavy atom. The van der Waals surface area contributed by atoms with Gasteiger partial charge in [-0.2, -0.15) is 0 Å². The normalized spacial score (nSPS) is 16.8. The monoisotopic (exact) mass is 342 g/mol. The minimum Gasteiger partial charge on any atom is -0.494 e. The third kappa shape index (κ3) is 3.47. The highest BCUT2D eigenvalue weighted by atomic mass is 19.1. The van der Waals surface area contributed by atoms with E-state index in [2.05, 4.69) is 10.6 Å². The van der Waals surface area contributed by atoms with Gasteiger partial charge in [0.25, 0.3) is 0 Å². The summed E-state index contributed by atoms with van der Waals surface area (Å²) in [5.74, 6) is -1.28. The van der Waals surface area contributed by atoms with Crippen LogP contribution in [-0.2, 0) is 9.59 Å². The second kappa shape index (κ2) is 6.93. The van der Waals surface area contributed by atoms with Gasteiger partial charge in [-0.3, -0.25) is 9.59 Å². The third-order valence-electron chi connectivity index (χ3n) is 4.35. The largest absolute Gasteiger partial charge is 0.494 e. The number of fused-ring (bicyclic) bond motifs is 1. The van der Waals surface area contributed by atoms with E-state index in [4.69, 9.17) is 4.74 Å². The molecule has 3 rings (SSSR count). The van der Waals surface area contributed by atoms with Crippen LogP contribution in [0.3, 0.4) is 0 Å². The minimum absolute atomic E-state index is 0.0474. The number of nitrogens with one attached hydrogen (secondary N) is 2.